The lowest BCUT2D eigenvalue weighted by molar-refractivity contribution is -0.129. The summed E-state index contributed by atoms with van der Waals surface area (Å²) in [6, 6.07) is 8.16. The molecule has 1 heterocycles. The molecule has 7 nitrogen and oxygen atoms in total. The number of aromatic nitrogens is 4. The maximum atomic E-state index is 12.6. The zero-order chi connectivity index (χ0) is 19.2. The van der Waals surface area contributed by atoms with E-state index in [2.05, 4.69) is 22.4 Å². The second-order valence-electron chi connectivity index (χ2n) is 7.17. The molecular formula is C19H27N5O2S. The fourth-order valence-electron chi connectivity index (χ4n) is 3.36. The SMILES string of the molecule is COc1ccc(Cn2nnnc2SCC(=O)N(C)C2CCC(C)CC2)cc1. The molecule has 1 fully saturated rings. The van der Waals surface area contributed by atoms with Crippen LogP contribution in [0.2, 0.25) is 0 Å². The molecule has 1 aliphatic rings. The number of methoxy groups -OCH3 is 1. The summed E-state index contributed by atoms with van der Waals surface area (Å²) in [5.74, 6) is 2.09. The van der Waals surface area contributed by atoms with E-state index in [4.69, 9.17) is 4.74 Å². The zero-order valence-corrected chi connectivity index (χ0v) is 17.0. The molecule has 1 saturated carbocycles. The van der Waals surface area contributed by atoms with Crippen molar-refractivity contribution in [2.75, 3.05) is 19.9 Å². The quantitative estimate of drug-likeness (QED) is 0.678. The number of carbonyl (C=O) groups is 1. The highest BCUT2D eigenvalue weighted by Crippen LogP contribution is 2.27. The van der Waals surface area contributed by atoms with Crippen LogP contribution in [0.4, 0.5) is 0 Å². The summed E-state index contributed by atoms with van der Waals surface area (Å²) < 4.78 is 6.90. The Labute approximate surface area is 164 Å². The lowest BCUT2D eigenvalue weighted by Crippen LogP contribution is -2.40. The highest BCUT2D eigenvalue weighted by molar-refractivity contribution is 7.99. The van der Waals surface area contributed by atoms with Crippen molar-refractivity contribution in [3.05, 3.63) is 29.8 Å². The fourth-order valence-corrected chi connectivity index (χ4v) is 4.17. The first-order valence-electron chi connectivity index (χ1n) is 9.34. The average Bonchev–Trinajstić information content (AvgIpc) is 3.13. The van der Waals surface area contributed by atoms with Gasteiger partial charge in [-0.1, -0.05) is 30.8 Å². The smallest absolute Gasteiger partial charge is 0.233 e. The molecule has 1 amide bonds. The van der Waals surface area contributed by atoms with E-state index < -0.39 is 0 Å². The standard InChI is InChI=1S/C19H27N5O2S/c1-14-4-8-16(9-5-14)23(2)18(25)13-27-19-20-21-22-24(19)12-15-6-10-17(26-3)11-7-15/h6-7,10-11,14,16H,4-5,8-9,12-13H2,1-3H3. The van der Waals surface area contributed by atoms with Gasteiger partial charge in [-0.15, -0.1) is 5.10 Å². The van der Waals surface area contributed by atoms with Gasteiger partial charge in [-0.25, -0.2) is 4.68 Å². The summed E-state index contributed by atoms with van der Waals surface area (Å²) in [6.07, 6.45) is 4.61. The molecule has 3 rings (SSSR count). The Hall–Kier alpha value is -2.09. The first-order valence-corrected chi connectivity index (χ1v) is 10.3. The number of benzene rings is 1. The van der Waals surface area contributed by atoms with Crippen LogP contribution in [-0.4, -0.2) is 57.0 Å². The highest BCUT2D eigenvalue weighted by atomic mass is 32.2. The van der Waals surface area contributed by atoms with Crippen molar-refractivity contribution in [3.8, 4) is 5.75 Å². The number of ether oxygens (including phenoxy) is 1. The van der Waals surface area contributed by atoms with Gasteiger partial charge in [-0.05, 0) is 59.7 Å². The third kappa shape index (κ3) is 5.22. The van der Waals surface area contributed by atoms with E-state index in [1.807, 2.05) is 36.2 Å². The predicted octanol–water partition coefficient (Wildman–Crippen LogP) is 2.86. The average molecular weight is 390 g/mol. The monoisotopic (exact) mass is 389 g/mol. The van der Waals surface area contributed by atoms with Gasteiger partial charge in [0.15, 0.2) is 0 Å². The zero-order valence-electron chi connectivity index (χ0n) is 16.2. The molecule has 0 atom stereocenters. The molecule has 1 aromatic carbocycles. The Bertz CT molecular complexity index is 741. The third-order valence-electron chi connectivity index (χ3n) is 5.24. The van der Waals surface area contributed by atoms with E-state index in [9.17, 15) is 4.79 Å². The number of nitrogens with zero attached hydrogens (tertiary/aromatic N) is 5. The molecule has 8 heteroatoms. The van der Waals surface area contributed by atoms with Gasteiger partial charge in [0.25, 0.3) is 0 Å². The summed E-state index contributed by atoms with van der Waals surface area (Å²) in [7, 11) is 3.57. The van der Waals surface area contributed by atoms with Crippen LogP contribution in [0.25, 0.3) is 0 Å². The van der Waals surface area contributed by atoms with Gasteiger partial charge in [-0.3, -0.25) is 4.79 Å². The van der Waals surface area contributed by atoms with E-state index in [0.29, 0.717) is 23.5 Å². The van der Waals surface area contributed by atoms with Crippen molar-refractivity contribution in [1.82, 2.24) is 25.1 Å². The van der Waals surface area contributed by atoms with Gasteiger partial charge in [0.05, 0.1) is 19.4 Å². The van der Waals surface area contributed by atoms with Crippen LogP contribution < -0.4 is 4.74 Å². The molecule has 0 saturated heterocycles. The Morgan fingerprint density at radius 3 is 2.63 bits per heavy atom. The fraction of sp³-hybridized carbons (Fsp3) is 0.579. The summed E-state index contributed by atoms with van der Waals surface area (Å²) in [4.78, 5) is 14.5. The number of rotatable bonds is 7. The van der Waals surface area contributed by atoms with Crippen LogP contribution in [0.15, 0.2) is 29.4 Å². The lowest BCUT2D eigenvalue weighted by atomic mass is 9.87. The van der Waals surface area contributed by atoms with E-state index in [0.717, 1.165) is 30.1 Å². The second-order valence-corrected chi connectivity index (χ2v) is 8.12. The summed E-state index contributed by atoms with van der Waals surface area (Å²) in [6.45, 7) is 2.85. The molecule has 0 aliphatic heterocycles. The van der Waals surface area contributed by atoms with Gasteiger partial charge in [0, 0.05) is 13.1 Å². The Morgan fingerprint density at radius 2 is 1.96 bits per heavy atom. The molecule has 1 aromatic heterocycles. The Morgan fingerprint density at radius 1 is 1.26 bits per heavy atom. The van der Waals surface area contributed by atoms with Gasteiger partial charge >= 0.3 is 0 Å². The van der Waals surface area contributed by atoms with Crippen molar-refractivity contribution in [1.29, 1.82) is 0 Å². The number of amides is 1. The Balaban J connectivity index is 1.54. The summed E-state index contributed by atoms with van der Waals surface area (Å²) >= 11 is 1.39. The summed E-state index contributed by atoms with van der Waals surface area (Å²) in [5, 5.41) is 12.5. The minimum atomic E-state index is 0.138. The van der Waals surface area contributed by atoms with E-state index in [1.54, 1.807) is 11.8 Å². The molecule has 27 heavy (non-hydrogen) atoms. The second kappa shape index (κ2) is 9.21. The number of carbonyl (C=O) groups excluding carboxylic acids is 1. The molecule has 0 bridgehead atoms. The maximum absolute atomic E-state index is 12.6. The van der Waals surface area contributed by atoms with Crippen LogP contribution in [0.1, 0.15) is 38.2 Å². The third-order valence-corrected chi connectivity index (χ3v) is 6.18. The molecule has 2 aromatic rings. The van der Waals surface area contributed by atoms with E-state index in [1.165, 1.54) is 24.6 Å². The lowest BCUT2D eigenvalue weighted by Gasteiger charge is -2.33. The molecular weight excluding hydrogens is 362 g/mol. The molecule has 0 spiro atoms. The van der Waals surface area contributed by atoms with Crippen LogP contribution in [0.3, 0.4) is 0 Å². The van der Waals surface area contributed by atoms with Gasteiger partial charge < -0.3 is 9.64 Å². The van der Waals surface area contributed by atoms with Crippen LogP contribution in [0.5, 0.6) is 5.75 Å². The predicted molar refractivity (Wildman–Crippen MR) is 105 cm³/mol. The topological polar surface area (TPSA) is 73.1 Å². The van der Waals surface area contributed by atoms with Crippen molar-refractivity contribution in [2.45, 2.75) is 50.4 Å². The minimum absolute atomic E-state index is 0.138. The molecule has 0 N–H and O–H groups in total. The first kappa shape index (κ1) is 19.7. The number of thioether (sulfide) groups is 1. The van der Waals surface area contributed by atoms with Crippen molar-refractivity contribution < 1.29 is 9.53 Å². The van der Waals surface area contributed by atoms with Crippen molar-refractivity contribution in [2.24, 2.45) is 5.92 Å². The molecule has 146 valence electrons. The normalized spacial score (nSPS) is 19.7. The number of hydrogen-bond donors (Lipinski definition) is 0. The van der Waals surface area contributed by atoms with Gasteiger partial charge in [-0.2, -0.15) is 0 Å². The largest absolute Gasteiger partial charge is 0.497 e. The van der Waals surface area contributed by atoms with Crippen LogP contribution >= 0.6 is 11.8 Å². The van der Waals surface area contributed by atoms with Gasteiger partial charge in [0.2, 0.25) is 11.1 Å². The first-order chi connectivity index (χ1) is 13.1. The van der Waals surface area contributed by atoms with Crippen LogP contribution in [0, 0.1) is 5.92 Å². The number of hydrogen-bond acceptors (Lipinski definition) is 6. The minimum Gasteiger partial charge on any atom is -0.497 e. The maximum Gasteiger partial charge on any atom is 0.233 e. The Kier molecular flexibility index (Phi) is 6.71. The van der Waals surface area contributed by atoms with E-state index in [-0.39, 0.29) is 5.91 Å². The number of tetrazole rings is 1. The highest BCUT2D eigenvalue weighted by Gasteiger charge is 2.25. The summed E-state index contributed by atoms with van der Waals surface area (Å²) in [5.41, 5.74) is 1.07. The van der Waals surface area contributed by atoms with Crippen molar-refractivity contribution >= 4 is 17.7 Å². The van der Waals surface area contributed by atoms with E-state index >= 15 is 0 Å². The van der Waals surface area contributed by atoms with Crippen molar-refractivity contribution in [3.63, 3.8) is 0 Å². The van der Waals surface area contributed by atoms with Gasteiger partial charge in [0.1, 0.15) is 5.75 Å². The molecule has 1 aliphatic carbocycles. The molecule has 0 radical (unpaired) electrons. The van der Waals surface area contributed by atoms with Crippen LogP contribution in [-0.2, 0) is 11.3 Å². The molecule has 0 unspecified atom stereocenters.